The second-order valence-corrected chi connectivity index (χ2v) is 8.76. The zero-order valence-corrected chi connectivity index (χ0v) is 18.2. The maximum absolute atomic E-state index is 13.7. The Morgan fingerprint density at radius 3 is 2.60 bits per heavy atom. The van der Waals surface area contributed by atoms with Crippen LogP contribution in [0.1, 0.15) is 40.7 Å². The highest BCUT2D eigenvalue weighted by atomic mass is 32.1. The fourth-order valence-electron chi connectivity index (χ4n) is 3.80. The van der Waals surface area contributed by atoms with E-state index in [4.69, 9.17) is 4.98 Å². The number of hydrogen-bond acceptors (Lipinski definition) is 4. The smallest absolute Gasteiger partial charge is 0.263 e. The van der Waals surface area contributed by atoms with Crippen LogP contribution in [-0.4, -0.2) is 9.55 Å². The average molecular weight is 414 g/mol. The van der Waals surface area contributed by atoms with Crippen molar-refractivity contribution in [1.82, 2.24) is 9.55 Å². The Bertz CT molecular complexity index is 1320. The highest BCUT2D eigenvalue weighted by Gasteiger charge is 2.19. The van der Waals surface area contributed by atoms with Crippen LogP contribution < -0.4 is 5.56 Å². The lowest BCUT2D eigenvalue weighted by Gasteiger charge is -2.13. The zero-order chi connectivity index (χ0) is 21.3. The Morgan fingerprint density at radius 1 is 1.13 bits per heavy atom. The summed E-state index contributed by atoms with van der Waals surface area (Å²) in [6.07, 6.45) is 1.64. The van der Waals surface area contributed by atoms with Crippen molar-refractivity contribution in [1.29, 1.82) is 5.26 Å². The molecule has 2 aromatic carbocycles. The summed E-state index contributed by atoms with van der Waals surface area (Å²) in [5.74, 6) is 0.800. The summed E-state index contributed by atoms with van der Waals surface area (Å²) in [6, 6.07) is 17.9. The first-order valence-corrected chi connectivity index (χ1v) is 10.9. The standard InChI is InChI=1S/C25H23N3OS/c1-4-6-21-27-24-23(22(17(3)30-24)20-11-9-16(2)10-12-20)25(29)28(21)15-19-8-5-7-18(13-19)14-26/h5,7-13H,4,6,15H2,1-3H3. The van der Waals surface area contributed by atoms with E-state index in [0.717, 1.165) is 45.1 Å². The summed E-state index contributed by atoms with van der Waals surface area (Å²) in [5, 5.41) is 9.91. The van der Waals surface area contributed by atoms with Crippen molar-refractivity contribution in [3.63, 3.8) is 0 Å². The Labute approximate surface area is 180 Å². The van der Waals surface area contributed by atoms with E-state index in [1.54, 1.807) is 22.0 Å². The number of rotatable bonds is 5. The molecule has 0 saturated heterocycles. The quantitative estimate of drug-likeness (QED) is 0.427. The molecule has 0 atom stereocenters. The molecule has 2 aromatic heterocycles. The lowest BCUT2D eigenvalue weighted by Crippen LogP contribution is -2.26. The zero-order valence-electron chi connectivity index (χ0n) is 17.4. The lowest BCUT2D eigenvalue weighted by molar-refractivity contribution is 0.666. The van der Waals surface area contributed by atoms with Crippen molar-refractivity contribution in [3.8, 4) is 17.2 Å². The number of fused-ring (bicyclic) bond motifs is 1. The molecule has 150 valence electrons. The summed E-state index contributed by atoms with van der Waals surface area (Å²) >= 11 is 1.59. The summed E-state index contributed by atoms with van der Waals surface area (Å²) in [4.78, 5) is 20.5. The van der Waals surface area contributed by atoms with Gasteiger partial charge in [0.15, 0.2) is 0 Å². The van der Waals surface area contributed by atoms with Crippen LogP contribution in [0.2, 0.25) is 0 Å². The maximum atomic E-state index is 13.7. The predicted molar refractivity (Wildman–Crippen MR) is 123 cm³/mol. The molecular weight excluding hydrogens is 390 g/mol. The highest BCUT2D eigenvalue weighted by Crippen LogP contribution is 2.36. The minimum absolute atomic E-state index is 0.00858. The van der Waals surface area contributed by atoms with E-state index in [9.17, 15) is 10.1 Å². The van der Waals surface area contributed by atoms with Crippen molar-refractivity contribution in [2.75, 3.05) is 0 Å². The third-order valence-electron chi connectivity index (χ3n) is 5.28. The van der Waals surface area contributed by atoms with Gasteiger partial charge in [0.05, 0.1) is 23.6 Å². The number of nitriles is 1. The lowest BCUT2D eigenvalue weighted by atomic mass is 10.0. The van der Waals surface area contributed by atoms with Crippen molar-refractivity contribution in [2.24, 2.45) is 0 Å². The van der Waals surface area contributed by atoms with Gasteiger partial charge in [0.25, 0.3) is 5.56 Å². The largest absolute Gasteiger partial charge is 0.292 e. The summed E-state index contributed by atoms with van der Waals surface area (Å²) in [5.41, 5.74) is 4.73. The minimum atomic E-state index is -0.00858. The maximum Gasteiger partial charge on any atom is 0.263 e. The van der Waals surface area contributed by atoms with Gasteiger partial charge in [0.2, 0.25) is 0 Å². The van der Waals surface area contributed by atoms with Gasteiger partial charge in [-0.1, -0.05) is 48.9 Å². The van der Waals surface area contributed by atoms with Crippen LogP contribution >= 0.6 is 11.3 Å². The van der Waals surface area contributed by atoms with Gasteiger partial charge in [-0.2, -0.15) is 5.26 Å². The van der Waals surface area contributed by atoms with Crippen LogP contribution in [0.25, 0.3) is 21.3 Å². The molecule has 2 heterocycles. The summed E-state index contributed by atoms with van der Waals surface area (Å²) in [7, 11) is 0. The molecular formula is C25H23N3OS. The molecule has 0 aliphatic rings. The number of nitrogens with zero attached hydrogens (tertiary/aromatic N) is 3. The molecule has 0 N–H and O–H groups in total. The third kappa shape index (κ3) is 3.67. The second kappa shape index (κ2) is 8.25. The minimum Gasteiger partial charge on any atom is -0.292 e. The van der Waals surface area contributed by atoms with Crippen LogP contribution in [0.5, 0.6) is 0 Å². The first-order chi connectivity index (χ1) is 14.5. The molecule has 0 fully saturated rings. The molecule has 0 radical (unpaired) electrons. The Balaban J connectivity index is 1.94. The van der Waals surface area contributed by atoms with Gasteiger partial charge in [-0.25, -0.2) is 4.98 Å². The van der Waals surface area contributed by atoms with E-state index in [0.29, 0.717) is 17.5 Å². The van der Waals surface area contributed by atoms with E-state index < -0.39 is 0 Å². The molecule has 0 unspecified atom stereocenters. The molecule has 0 spiro atoms. The fraction of sp³-hybridized carbons (Fsp3) is 0.240. The van der Waals surface area contributed by atoms with Gasteiger partial charge < -0.3 is 0 Å². The van der Waals surface area contributed by atoms with Crippen molar-refractivity contribution < 1.29 is 0 Å². The van der Waals surface area contributed by atoms with E-state index in [1.807, 2.05) is 18.2 Å². The summed E-state index contributed by atoms with van der Waals surface area (Å²) in [6.45, 7) is 6.62. The Morgan fingerprint density at radius 2 is 1.90 bits per heavy atom. The van der Waals surface area contributed by atoms with Crippen LogP contribution in [0.3, 0.4) is 0 Å². The molecule has 4 aromatic rings. The molecule has 4 nitrogen and oxygen atoms in total. The second-order valence-electron chi connectivity index (χ2n) is 7.56. The molecule has 0 saturated carbocycles. The number of aryl methyl sites for hydroxylation is 3. The van der Waals surface area contributed by atoms with E-state index in [1.165, 1.54) is 5.56 Å². The normalized spacial score (nSPS) is 11.0. The molecule has 4 rings (SSSR count). The van der Waals surface area contributed by atoms with E-state index >= 15 is 0 Å². The van der Waals surface area contributed by atoms with Crippen LogP contribution in [0, 0.1) is 25.2 Å². The fourth-order valence-corrected chi connectivity index (χ4v) is 4.86. The van der Waals surface area contributed by atoms with Gasteiger partial charge in [-0.3, -0.25) is 9.36 Å². The summed E-state index contributed by atoms with van der Waals surface area (Å²) < 4.78 is 1.78. The van der Waals surface area contributed by atoms with Crippen molar-refractivity contribution in [2.45, 2.75) is 40.2 Å². The van der Waals surface area contributed by atoms with Crippen molar-refractivity contribution in [3.05, 3.63) is 86.3 Å². The number of thiophene rings is 1. The van der Waals surface area contributed by atoms with Gasteiger partial charge >= 0.3 is 0 Å². The van der Waals surface area contributed by atoms with Gasteiger partial charge in [-0.05, 0) is 43.5 Å². The van der Waals surface area contributed by atoms with Crippen LogP contribution in [0.15, 0.2) is 53.3 Å². The van der Waals surface area contributed by atoms with Gasteiger partial charge in [-0.15, -0.1) is 11.3 Å². The Hall–Kier alpha value is -3.23. The van der Waals surface area contributed by atoms with Crippen molar-refractivity contribution >= 4 is 21.6 Å². The highest BCUT2D eigenvalue weighted by molar-refractivity contribution is 7.19. The first-order valence-electron chi connectivity index (χ1n) is 10.1. The van der Waals surface area contributed by atoms with Crippen LogP contribution in [-0.2, 0) is 13.0 Å². The van der Waals surface area contributed by atoms with Crippen LogP contribution in [0.4, 0.5) is 0 Å². The molecule has 0 aliphatic carbocycles. The van der Waals surface area contributed by atoms with E-state index in [-0.39, 0.29) is 5.56 Å². The first kappa shape index (κ1) is 20.1. The van der Waals surface area contributed by atoms with Gasteiger partial charge in [0.1, 0.15) is 10.7 Å². The molecule has 0 bridgehead atoms. The number of benzene rings is 2. The predicted octanol–water partition coefficient (Wildman–Crippen LogP) is 5.61. The molecule has 5 heteroatoms. The van der Waals surface area contributed by atoms with E-state index in [2.05, 4.69) is 51.1 Å². The molecule has 0 amide bonds. The van der Waals surface area contributed by atoms with Gasteiger partial charge in [0, 0.05) is 16.9 Å². The molecule has 0 aliphatic heterocycles. The Kier molecular flexibility index (Phi) is 5.52. The SMILES string of the molecule is CCCc1nc2sc(C)c(-c3ccc(C)cc3)c2c(=O)n1Cc1cccc(C#N)c1. The average Bonchev–Trinajstić information content (AvgIpc) is 3.08. The third-order valence-corrected chi connectivity index (χ3v) is 6.28. The molecule has 30 heavy (non-hydrogen) atoms. The number of hydrogen-bond donors (Lipinski definition) is 0. The number of aromatic nitrogens is 2. The monoisotopic (exact) mass is 413 g/mol. The topological polar surface area (TPSA) is 58.7 Å².